The molecule has 2 aliphatic rings. The van der Waals surface area contributed by atoms with Crippen LogP contribution in [-0.4, -0.2) is 51.6 Å². The second-order valence-corrected chi connectivity index (χ2v) is 11.4. The van der Waals surface area contributed by atoms with Crippen molar-refractivity contribution in [1.82, 2.24) is 14.9 Å². The van der Waals surface area contributed by atoms with Crippen LogP contribution in [0.15, 0.2) is 47.8 Å². The molecule has 2 unspecified atom stereocenters. The van der Waals surface area contributed by atoms with Gasteiger partial charge in [-0.05, 0) is 56.7 Å². The first-order chi connectivity index (χ1) is 19.3. The van der Waals surface area contributed by atoms with Crippen LogP contribution in [0.2, 0.25) is 0 Å². The Hall–Kier alpha value is -3.92. The van der Waals surface area contributed by atoms with Crippen molar-refractivity contribution in [2.75, 3.05) is 18.0 Å². The number of thiazole rings is 1. The average molecular weight is 559 g/mol. The number of ether oxygens (including phenoxy) is 1. The molecule has 10 heteroatoms. The summed E-state index contributed by atoms with van der Waals surface area (Å²) in [6.45, 7) is 4.93. The fraction of sp³-hybridized carbons (Fsp3) is 0.400. The summed E-state index contributed by atoms with van der Waals surface area (Å²) in [4.78, 5) is 39.3. The van der Waals surface area contributed by atoms with Gasteiger partial charge in [0, 0.05) is 42.1 Å². The molecule has 0 spiro atoms. The van der Waals surface area contributed by atoms with E-state index < -0.39 is 0 Å². The molecule has 0 bridgehead atoms. The predicted octanol–water partition coefficient (Wildman–Crippen LogP) is 5.54. The summed E-state index contributed by atoms with van der Waals surface area (Å²) in [5.74, 6) is -0.541. The van der Waals surface area contributed by atoms with E-state index in [4.69, 9.17) is 15.6 Å². The first kappa shape index (κ1) is 27.6. The number of carbonyl (C=O) groups is 2. The first-order valence-corrected chi connectivity index (χ1v) is 14.6. The molecule has 2 atom stereocenters. The molecule has 3 aromatic rings. The van der Waals surface area contributed by atoms with Crippen LogP contribution in [0.3, 0.4) is 0 Å². The summed E-state index contributed by atoms with van der Waals surface area (Å²) in [6.07, 6.45) is 4.39. The minimum Gasteiger partial charge on any atom is -0.423 e. The van der Waals surface area contributed by atoms with Crippen molar-refractivity contribution in [2.45, 2.75) is 58.4 Å². The molecule has 5 rings (SSSR count). The van der Waals surface area contributed by atoms with Crippen LogP contribution in [0.25, 0.3) is 0 Å². The van der Waals surface area contributed by atoms with E-state index in [1.165, 1.54) is 0 Å². The summed E-state index contributed by atoms with van der Waals surface area (Å²) in [7, 11) is 0. The zero-order chi connectivity index (χ0) is 28.2. The van der Waals surface area contributed by atoms with E-state index in [1.54, 1.807) is 28.4 Å². The summed E-state index contributed by atoms with van der Waals surface area (Å²) >= 11 is 1.56. The molecule has 2 aliphatic heterocycles. The highest BCUT2D eigenvalue weighted by Crippen LogP contribution is 2.35. The first-order valence-electron chi connectivity index (χ1n) is 13.7. The number of benzene rings is 1. The van der Waals surface area contributed by atoms with Gasteiger partial charge in [0.2, 0.25) is 11.8 Å². The van der Waals surface area contributed by atoms with Gasteiger partial charge in [-0.1, -0.05) is 37.3 Å². The van der Waals surface area contributed by atoms with Gasteiger partial charge in [0.1, 0.15) is 16.5 Å². The Morgan fingerprint density at radius 3 is 2.65 bits per heavy atom. The molecule has 0 radical (unpaired) electrons. The van der Waals surface area contributed by atoms with Gasteiger partial charge in [0.25, 0.3) is 5.91 Å². The monoisotopic (exact) mass is 558 g/mol. The van der Waals surface area contributed by atoms with E-state index in [9.17, 15) is 9.59 Å². The molecule has 0 saturated carbocycles. The molecule has 2 saturated heterocycles. The summed E-state index contributed by atoms with van der Waals surface area (Å²) < 4.78 is 5.66. The Bertz CT molecular complexity index is 1420. The topological polar surface area (TPSA) is 123 Å². The number of hydrogen-bond donors (Lipinski definition) is 2. The fourth-order valence-corrected chi connectivity index (χ4v) is 6.17. The molecule has 2 N–H and O–H groups in total. The summed E-state index contributed by atoms with van der Waals surface area (Å²) in [5, 5.41) is 20.0. The molecular weight excluding hydrogens is 524 g/mol. The van der Waals surface area contributed by atoms with E-state index in [0.717, 1.165) is 41.9 Å². The lowest BCUT2D eigenvalue weighted by molar-refractivity contribution is -0.119. The lowest BCUT2D eigenvalue weighted by atomic mass is 10.0. The minimum absolute atomic E-state index is 0.0525. The van der Waals surface area contributed by atoms with Gasteiger partial charge in [-0.3, -0.25) is 25.3 Å². The average Bonchev–Trinajstić information content (AvgIpc) is 3.62. The predicted molar refractivity (Wildman–Crippen MR) is 155 cm³/mol. The van der Waals surface area contributed by atoms with E-state index in [0.29, 0.717) is 37.3 Å². The zero-order valence-electron chi connectivity index (χ0n) is 22.9. The van der Waals surface area contributed by atoms with Crippen molar-refractivity contribution in [2.24, 2.45) is 5.92 Å². The Labute approximate surface area is 238 Å². The number of carbonyl (C=O) groups excluding carboxylic acids is 2. The van der Waals surface area contributed by atoms with Crippen molar-refractivity contribution < 1.29 is 14.3 Å². The Balaban J connectivity index is 1.41. The van der Waals surface area contributed by atoms with Gasteiger partial charge in [-0.2, -0.15) is 0 Å². The van der Waals surface area contributed by atoms with Crippen molar-refractivity contribution in [3.05, 3.63) is 75.4 Å². The SMILES string of the molecule is Cc1csc(C2CCCN2C(=O)c2cc(C(=N)OC(=N)C(C)Cc3ccccc3)nc(N3CCCCC3=O)c2)n1. The second kappa shape index (κ2) is 12.1. The minimum atomic E-state index is -0.321. The standard InChI is InChI=1S/C30H34N6O3S/c1-19(15-21-9-4-3-5-10-21)27(31)39-28(32)23-16-22(17-25(34-23)36-13-7-6-12-26(36)37)30(38)35-14-8-11-24(35)29-33-20(2)18-40-29/h3-5,9-10,16-19,24,31-32H,6-8,11-15H2,1-2H3. The summed E-state index contributed by atoms with van der Waals surface area (Å²) in [6, 6.07) is 12.9. The Kier molecular flexibility index (Phi) is 8.35. The van der Waals surface area contributed by atoms with Crippen molar-refractivity contribution in [3.63, 3.8) is 0 Å². The van der Waals surface area contributed by atoms with Crippen molar-refractivity contribution in [1.29, 1.82) is 10.8 Å². The zero-order valence-corrected chi connectivity index (χ0v) is 23.7. The molecular formula is C30H34N6O3S. The van der Waals surface area contributed by atoms with Gasteiger partial charge >= 0.3 is 0 Å². The number of amides is 2. The van der Waals surface area contributed by atoms with Crippen LogP contribution in [0.5, 0.6) is 0 Å². The number of pyridine rings is 1. The lowest BCUT2D eigenvalue weighted by Crippen LogP contribution is -2.37. The van der Waals surface area contributed by atoms with Crippen LogP contribution >= 0.6 is 11.3 Å². The number of likely N-dealkylation sites (tertiary alicyclic amines) is 1. The highest BCUT2D eigenvalue weighted by atomic mass is 32.1. The largest absolute Gasteiger partial charge is 0.423 e. The van der Waals surface area contributed by atoms with Crippen LogP contribution < -0.4 is 4.90 Å². The van der Waals surface area contributed by atoms with Crippen LogP contribution in [0, 0.1) is 23.7 Å². The molecule has 40 heavy (non-hydrogen) atoms. The third-order valence-electron chi connectivity index (χ3n) is 7.37. The number of nitrogens with zero attached hydrogens (tertiary/aromatic N) is 4. The third kappa shape index (κ3) is 6.12. The van der Waals surface area contributed by atoms with Gasteiger partial charge in [-0.15, -0.1) is 11.3 Å². The summed E-state index contributed by atoms with van der Waals surface area (Å²) in [5.41, 5.74) is 2.47. The normalized spacial score (nSPS) is 18.1. The Morgan fingerprint density at radius 2 is 1.93 bits per heavy atom. The maximum absolute atomic E-state index is 13.9. The number of rotatable bonds is 7. The fourth-order valence-electron chi connectivity index (χ4n) is 5.22. The molecule has 2 amide bonds. The Morgan fingerprint density at radius 1 is 1.12 bits per heavy atom. The molecule has 4 heterocycles. The van der Waals surface area contributed by atoms with Crippen LogP contribution in [0.1, 0.15) is 77.4 Å². The highest BCUT2D eigenvalue weighted by Gasteiger charge is 2.34. The maximum Gasteiger partial charge on any atom is 0.254 e. The second-order valence-electron chi connectivity index (χ2n) is 10.5. The molecule has 1 aromatic carbocycles. The van der Waals surface area contributed by atoms with E-state index in [1.807, 2.05) is 54.5 Å². The molecule has 9 nitrogen and oxygen atoms in total. The number of piperidine rings is 1. The maximum atomic E-state index is 13.9. The van der Waals surface area contributed by atoms with Crippen molar-refractivity contribution in [3.8, 4) is 0 Å². The van der Waals surface area contributed by atoms with Crippen LogP contribution in [0.4, 0.5) is 5.82 Å². The smallest absolute Gasteiger partial charge is 0.254 e. The van der Waals surface area contributed by atoms with Gasteiger partial charge in [-0.25, -0.2) is 9.97 Å². The highest BCUT2D eigenvalue weighted by molar-refractivity contribution is 7.09. The van der Waals surface area contributed by atoms with Gasteiger partial charge in [0.15, 0.2) is 5.90 Å². The number of aryl methyl sites for hydroxylation is 1. The molecule has 208 valence electrons. The van der Waals surface area contributed by atoms with Gasteiger partial charge in [0.05, 0.1) is 6.04 Å². The number of hydrogen-bond acceptors (Lipinski definition) is 8. The van der Waals surface area contributed by atoms with E-state index >= 15 is 0 Å². The lowest BCUT2D eigenvalue weighted by Gasteiger charge is -2.28. The quantitative estimate of drug-likeness (QED) is 0.291. The van der Waals surface area contributed by atoms with E-state index in [2.05, 4.69) is 9.97 Å². The van der Waals surface area contributed by atoms with Crippen LogP contribution in [-0.2, 0) is 16.0 Å². The molecule has 2 fully saturated rings. The molecule has 0 aliphatic carbocycles. The van der Waals surface area contributed by atoms with E-state index in [-0.39, 0.29) is 41.3 Å². The van der Waals surface area contributed by atoms with Gasteiger partial charge < -0.3 is 9.64 Å². The number of anilines is 1. The third-order valence-corrected chi connectivity index (χ3v) is 8.44. The number of nitrogens with one attached hydrogen (secondary N) is 2. The molecule has 2 aromatic heterocycles. The number of aromatic nitrogens is 2. The van der Waals surface area contributed by atoms with Crippen molar-refractivity contribution >= 4 is 40.8 Å².